The molecule has 2 heterocycles. The minimum Gasteiger partial charge on any atom is -0.394 e. The van der Waals surface area contributed by atoms with Crippen LogP contribution in [0, 0.1) is 0 Å². The molecule has 2 aliphatic rings. The Morgan fingerprint density at radius 1 is 0.500 bits per heavy atom. The van der Waals surface area contributed by atoms with E-state index in [1.165, 1.54) is 6.42 Å². The first-order valence-corrected chi connectivity index (χ1v) is 28.1. The van der Waals surface area contributed by atoms with Crippen molar-refractivity contribution in [3.63, 3.8) is 0 Å². The molecule has 14 nitrogen and oxygen atoms in total. The fourth-order valence-corrected chi connectivity index (χ4v) is 8.46. The van der Waals surface area contributed by atoms with Crippen molar-refractivity contribution in [2.75, 3.05) is 19.8 Å². The fraction of sp³-hybridized carbons (Fsp3) is 0.683. The lowest BCUT2D eigenvalue weighted by Crippen LogP contribution is -2.65. The third kappa shape index (κ3) is 30.4. The molecule has 0 aromatic heterocycles. The molecule has 14 heteroatoms. The number of unbranched alkanes of at least 4 members (excludes halogenated alkanes) is 11. The largest absolute Gasteiger partial charge is 0.394 e. The van der Waals surface area contributed by atoms with Crippen molar-refractivity contribution in [2.45, 2.75) is 242 Å². The van der Waals surface area contributed by atoms with E-state index in [1.807, 2.05) is 0 Å². The Hall–Kier alpha value is -3.35. The lowest BCUT2D eigenvalue weighted by molar-refractivity contribution is -0.359. The predicted molar refractivity (Wildman–Crippen MR) is 295 cm³/mol. The van der Waals surface area contributed by atoms with Crippen LogP contribution in [0.5, 0.6) is 0 Å². The van der Waals surface area contributed by atoms with Crippen molar-refractivity contribution in [3.8, 4) is 0 Å². The summed E-state index contributed by atoms with van der Waals surface area (Å²) in [7, 11) is 0. The number of hydrogen-bond acceptors (Lipinski definition) is 13. The van der Waals surface area contributed by atoms with Gasteiger partial charge < -0.3 is 65.1 Å². The molecule has 1 amide bonds. The molecule has 0 aromatic rings. The van der Waals surface area contributed by atoms with Gasteiger partial charge in [0.15, 0.2) is 12.6 Å². The molecule has 12 atom stereocenters. The summed E-state index contributed by atoms with van der Waals surface area (Å²) < 4.78 is 22.6. The maximum atomic E-state index is 13.1. The zero-order chi connectivity index (χ0) is 53.9. The molecule has 2 fully saturated rings. The van der Waals surface area contributed by atoms with Crippen LogP contribution in [-0.2, 0) is 23.7 Å². The molecule has 2 saturated heterocycles. The predicted octanol–water partition coefficient (Wildman–Crippen LogP) is 8.88. The van der Waals surface area contributed by atoms with Crippen molar-refractivity contribution < 1.29 is 64.6 Å². The second-order valence-electron chi connectivity index (χ2n) is 19.3. The third-order valence-electron chi connectivity index (χ3n) is 13.0. The molecular weight excluding hydrogens is 943 g/mol. The van der Waals surface area contributed by atoms with Crippen molar-refractivity contribution in [1.29, 1.82) is 0 Å². The van der Waals surface area contributed by atoms with Crippen LogP contribution in [0.3, 0.4) is 0 Å². The Bertz CT molecular complexity index is 1650. The Labute approximate surface area is 445 Å². The number of aliphatic hydroxyl groups is 8. The van der Waals surface area contributed by atoms with Gasteiger partial charge in [-0.15, -0.1) is 0 Å². The molecule has 0 bridgehead atoms. The first-order chi connectivity index (χ1) is 36.1. The van der Waals surface area contributed by atoms with Gasteiger partial charge in [-0.2, -0.15) is 0 Å². The quantitative estimate of drug-likeness (QED) is 0.0206. The van der Waals surface area contributed by atoms with Gasteiger partial charge in [0, 0.05) is 6.42 Å². The number of carbonyl (C=O) groups is 1. The number of nitrogens with one attached hydrogen (secondary N) is 1. The maximum Gasteiger partial charge on any atom is 0.220 e. The average molecular weight is 1040 g/mol. The lowest BCUT2D eigenvalue weighted by atomic mass is 9.97. The minimum absolute atomic E-state index is 0.232. The number of amides is 1. The summed E-state index contributed by atoms with van der Waals surface area (Å²) in [5.41, 5.74) is 0. The van der Waals surface area contributed by atoms with Crippen LogP contribution in [-0.4, -0.2) is 140 Å². The van der Waals surface area contributed by atoms with E-state index in [4.69, 9.17) is 18.9 Å². The number of ether oxygens (including phenoxy) is 4. The highest BCUT2D eigenvalue weighted by molar-refractivity contribution is 5.76. The summed E-state index contributed by atoms with van der Waals surface area (Å²) in [5, 5.41) is 86.5. The topological polar surface area (TPSA) is 228 Å². The van der Waals surface area contributed by atoms with E-state index < -0.39 is 86.8 Å². The molecule has 0 radical (unpaired) electrons. The molecule has 0 spiro atoms. The van der Waals surface area contributed by atoms with E-state index >= 15 is 0 Å². The molecule has 0 aromatic carbocycles. The lowest BCUT2D eigenvalue weighted by Gasteiger charge is -2.46. The summed E-state index contributed by atoms with van der Waals surface area (Å²) >= 11 is 0. The number of aliphatic hydroxyl groups excluding tert-OH is 8. The molecule has 9 N–H and O–H groups in total. The van der Waals surface area contributed by atoms with Crippen molar-refractivity contribution >= 4 is 5.91 Å². The number of carbonyl (C=O) groups excluding carboxylic acids is 1. The van der Waals surface area contributed by atoms with Crippen LogP contribution >= 0.6 is 0 Å². The zero-order valence-corrected chi connectivity index (χ0v) is 45.0. The SMILES string of the molecule is CC/C=C\C/C=C\C/C=C\C/C=C\C/C=C\C/C=C\C/C=C\C/C=C\C/C=C\CCCCCCCCCC(=O)NC(COC1OC(CO)C(OC2OC(CO)C(O)C(O)C2O)C(O)C1O)C(O)CCCCCCC. The number of rotatable bonds is 42. The standard InChI is InChI=1S/C60H99NO13/c1-3-5-7-9-10-11-12-13-14-15-16-17-18-19-20-21-22-23-24-25-26-27-28-29-30-31-32-33-34-35-36-37-38-40-42-44-52(65)61-48(49(64)43-41-39-8-6-4-2)47-71-59-57(70)55(68)58(51(46-63)73-59)74-60-56(69)54(67)53(66)50(45-62)72-60/h5,7,10-11,13-14,16-17,19-20,22-23,25-26,28-29,31-32,48-51,53-60,62-64,66-70H,3-4,6,8-9,12,15,18,21,24,27,30,33-47H2,1-2H3,(H,61,65)/b7-5-,11-10-,14-13-,17-16-,20-19-,23-22-,26-25-,29-28-,32-31-. The molecule has 12 unspecified atom stereocenters. The van der Waals surface area contributed by atoms with Crippen LogP contribution < -0.4 is 5.32 Å². The summed E-state index contributed by atoms with van der Waals surface area (Å²) in [4.78, 5) is 13.1. The van der Waals surface area contributed by atoms with E-state index in [1.54, 1.807) is 0 Å². The second-order valence-corrected chi connectivity index (χ2v) is 19.3. The Morgan fingerprint density at radius 3 is 1.43 bits per heavy atom. The van der Waals surface area contributed by atoms with Crippen molar-refractivity contribution in [2.24, 2.45) is 0 Å². The Kier molecular flexibility index (Phi) is 40.4. The van der Waals surface area contributed by atoms with Crippen molar-refractivity contribution in [1.82, 2.24) is 5.32 Å². The normalized spacial score (nSPS) is 26.1. The van der Waals surface area contributed by atoms with Gasteiger partial charge in [-0.1, -0.05) is 187 Å². The molecule has 2 rings (SSSR count). The van der Waals surface area contributed by atoms with Gasteiger partial charge in [0.2, 0.25) is 5.91 Å². The van der Waals surface area contributed by atoms with Crippen LogP contribution in [0.4, 0.5) is 0 Å². The van der Waals surface area contributed by atoms with Crippen LogP contribution in [0.2, 0.25) is 0 Å². The molecule has 0 aliphatic carbocycles. The van der Waals surface area contributed by atoms with Gasteiger partial charge in [-0.05, 0) is 83.5 Å². The van der Waals surface area contributed by atoms with Gasteiger partial charge in [-0.3, -0.25) is 4.79 Å². The van der Waals surface area contributed by atoms with Gasteiger partial charge in [0.25, 0.3) is 0 Å². The van der Waals surface area contributed by atoms with Crippen molar-refractivity contribution in [3.05, 3.63) is 109 Å². The molecule has 422 valence electrons. The first kappa shape index (κ1) is 66.8. The second kappa shape index (κ2) is 44.7. The summed E-state index contributed by atoms with van der Waals surface area (Å²) in [6.07, 6.45) is 46.0. The van der Waals surface area contributed by atoms with Gasteiger partial charge in [0.05, 0.1) is 32.0 Å². The van der Waals surface area contributed by atoms with Crippen LogP contribution in [0.25, 0.3) is 0 Å². The molecule has 0 saturated carbocycles. The maximum absolute atomic E-state index is 13.1. The van der Waals surface area contributed by atoms with Gasteiger partial charge >= 0.3 is 0 Å². The Balaban J connectivity index is 1.59. The highest BCUT2D eigenvalue weighted by Crippen LogP contribution is 2.30. The van der Waals surface area contributed by atoms with Gasteiger partial charge in [-0.25, -0.2) is 0 Å². The van der Waals surface area contributed by atoms with Gasteiger partial charge in [0.1, 0.15) is 48.8 Å². The summed E-state index contributed by atoms with van der Waals surface area (Å²) in [5.74, 6) is -0.232. The van der Waals surface area contributed by atoms with E-state index in [-0.39, 0.29) is 18.9 Å². The average Bonchev–Trinajstić information content (AvgIpc) is 3.40. The van der Waals surface area contributed by atoms with E-state index in [0.717, 1.165) is 128 Å². The smallest absolute Gasteiger partial charge is 0.220 e. The summed E-state index contributed by atoms with van der Waals surface area (Å²) in [6.45, 7) is 2.60. The Morgan fingerprint density at radius 2 is 0.932 bits per heavy atom. The highest BCUT2D eigenvalue weighted by atomic mass is 16.7. The minimum atomic E-state index is -1.79. The highest BCUT2D eigenvalue weighted by Gasteiger charge is 2.51. The summed E-state index contributed by atoms with van der Waals surface area (Å²) in [6, 6.07) is -0.838. The number of allylic oxidation sites excluding steroid dienone is 18. The first-order valence-electron chi connectivity index (χ1n) is 28.1. The molecule has 74 heavy (non-hydrogen) atoms. The third-order valence-corrected chi connectivity index (χ3v) is 13.0. The zero-order valence-electron chi connectivity index (χ0n) is 45.0. The van der Waals surface area contributed by atoms with Crippen LogP contribution in [0.1, 0.15) is 168 Å². The number of hydrogen-bond donors (Lipinski definition) is 9. The van der Waals surface area contributed by atoms with E-state index in [9.17, 15) is 45.6 Å². The van der Waals surface area contributed by atoms with E-state index in [2.05, 4.69) is 129 Å². The fourth-order valence-electron chi connectivity index (χ4n) is 8.46. The monoisotopic (exact) mass is 1040 g/mol. The molecular formula is C60H99NO13. The molecule has 2 aliphatic heterocycles. The van der Waals surface area contributed by atoms with Crippen LogP contribution in [0.15, 0.2) is 109 Å². The van der Waals surface area contributed by atoms with E-state index in [0.29, 0.717) is 12.8 Å².